The van der Waals surface area contributed by atoms with Gasteiger partial charge in [0.05, 0.1) is 39.6 Å². The Labute approximate surface area is 233 Å². The zero-order valence-corrected chi connectivity index (χ0v) is 24.4. The minimum Gasteiger partial charge on any atom is -0.497 e. The Balaban J connectivity index is 1.40. The van der Waals surface area contributed by atoms with E-state index in [9.17, 15) is 4.57 Å². The van der Waals surface area contributed by atoms with Crippen LogP contribution in [0.1, 0.15) is 42.1 Å². The zero-order valence-electron chi connectivity index (χ0n) is 23.5. The minimum absolute atomic E-state index is 0.162. The van der Waals surface area contributed by atoms with Crippen LogP contribution in [0, 0.1) is 0 Å². The van der Waals surface area contributed by atoms with Gasteiger partial charge in [-0.25, -0.2) is 0 Å². The van der Waals surface area contributed by atoms with Crippen molar-refractivity contribution in [2.45, 2.75) is 32.6 Å². The summed E-state index contributed by atoms with van der Waals surface area (Å²) in [6, 6.07) is 25.3. The molecule has 0 amide bonds. The number of hydrogen-bond acceptors (Lipinski definition) is 7. The first-order valence-corrected chi connectivity index (χ1v) is 15.4. The smallest absolute Gasteiger partial charge is 0.335 e. The molecule has 0 spiro atoms. The summed E-state index contributed by atoms with van der Waals surface area (Å²) < 4.78 is 34.6. The second-order valence-electron chi connectivity index (χ2n) is 9.68. The highest BCUT2D eigenvalue weighted by Crippen LogP contribution is 2.51. The molecule has 1 aliphatic heterocycles. The Hall–Kier alpha value is -2.67. The Morgan fingerprint density at radius 1 is 0.692 bits per heavy atom. The maximum atomic E-state index is 12.9. The largest absolute Gasteiger partial charge is 0.497 e. The minimum atomic E-state index is -3.10. The van der Waals surface area contributed by atoms with Crippen molar-refractivity contribution in [2.24, 2.45) is 0 Å². The number of piperazine rings is 1. The van der Waals surface area contributed by atoms with Crippen molar-refractivity contribution < 1.29 is 23.1 Å². The van der Waals surface area contributed by atoms with Gasteiger partial charge in [0.25, 0.3) is 0 Å². The van der Waals surface area contributed by atoms with Crippen molar-refractivity contribution in [1.29, 1.82) is 0 Å². The van der Waals surface area contributed by atoms with Gasteiger partial charge in [-0.15, -0.1) is 0 Å². The molecule has 0 aliphatic carbocycles. The molecular formula is C31H41N2O5P. The molecule has 1 heterocycles. The normalized spacial score (nSPS) is 15.0. The van der Waals surface area contributed by atoms with Crippen molar-refractivity contribution in [3.63, 3.8) is 0 Å². The molecule has 7 nitrogen and oxygen atoms in total. The topological polar surface area (TPSA) is 60.5 Å². The van der Waals surface area contributed by atoms with Gasteiger partial charge in [0, 0.05) is 32.7 Å². The summed E-state index contributed by atoms with van der Waals surface area (Å²) >= 11 is 0. The average Bonchev–Trinajstić information content (AvgIpc) is 2.96. The molecule has 0 radical (unpaired) electrons. The Morgan fingerprint density at radius 2 is 1.15 bits per heavy atom. The highest BCUT2D eigenvalue weighted by atomic mass is 31.2. The van der Waals surface area contributed by atoms with E-state index in [4.69, 9.17) is 18.5 Å². The summed E-state index contributed by atoms with van der Waals surface area (Å²) in [5.74, 6) is 1.73. The third-order valence-electron chi connectivity index (χ3n) is 7.09. The summed E-state index contributed by atoms with van der Waals surface area (Å²) in [4.78, 5) is 5.05. The van der Waals surface area contributed by atoms with Crippen LogP contribution in [0.2, 0.25) is 0 Å². The van der Waals surface area contributed by atoms with Gasteiger partial charge in [0.2, 0.25) is 0 Å². The number of hydrogen-bond donors (Lipinski definition) is 0. The second kappa shape index (κ2) is 14.1. The van der Waals surface area contributed by atoms with Crippen LogP contribution in [-0.2, 0) is 26.3 Å². The maximum absolute atomic E-state index is 12.9. The number of nitrogens with zero attached hydrogens (tertiary/aromatic N) is 2. The van der Waals surface area contributed by atoms with E-state index in [-0.39, 0.29) is 6.04 Å². The average molecular weight is 553 g/mol. The van der Waals surface area contributed by atoms with E-state index >= 15 is 0 Å². The molecule has 0 N–H and O–H groups in total. The van der Waals surface area contributed by atoms with Gasteiger partial charge < -0.3 is 18.5 Å². The summed E-state index contributed by atoms with van der Waals surface area (Å²) in [6.07, 6.45) is 0.297. The number of rotatable bonds is 13. The zero-order chi connectivity index (χ0) is 27.7. The fraction of sp³-hybridized carbons (Fsp3) is 0.419. The Morgan fingerprint density at radius 3 is 1.59 bits per heavy atom. The fourth-order valence-electron chi connectivity index (χ4n) is 5.12. The molecule has 8 heteroatoms. The van der Waals surface area contributed by atoms with Crippen molar-refractivity contribution in [3.05, 3.63) is 95.1 Å². The van der Waals surface area contributed by atoms with Crippen LogP contribution in [0.4, 0.5) is 0 Å². The van der Waals surface area contributed by atoms with E-state index in [1.807, 2.05) is 50.2 Å². The highest BCUT2D eigenvalue weighted by molar-refractivity contribution is 7.53. The van der Waals surface area contributed by atoms with Crippen LogP contribution >= 0.6 is 7.60 Å². The van der Waals surface area contributed by atoms with Crippen LogP contribution < -0.4 is 9.47 Å². The molecule has 3 aromatic carbocycles. The van der Waals surface area contributed by atoms with Gasteiger partial charge in [-0.1, -0.05) is 48.5 Å². The molecule has 210 valence electrons. The van der Waals surface area contributed by atoms with Gasteiger partial charge in [0.1, 0.15) is 11.5 Å². The summed E-state index contributed by atoms with van der Waals surface area (Å²) in [6.45, 7) is 9.20. The van der Waals surface area contributed by atoms with Crippen LogP contribution in [0.3, 0.4) is 0 Å². The van der Waals surface area contributed by atoms with Crippen LogP contribution in [-0.4, -0.2) is 63.4 Å². The van der Waals surface area contributed by atoms with Gasteiger partial charge in [-0.3, -0.25) is 14.4 Å². The number of methoxy groups -OCH3 is 2. The summed E-state index contributed by atoms with van der Waals surface area (Å²) in [7, 11) is 0.297. The Kier molecular flexibility index (Phi) is 10.6. The standard InChI is InChI=1S/C31H41N2O5P/c1-5-37-39(34,38-6-2)24-26-9-7-25(8-10-26)23-32-19-21-33(22-20-32)31(27-11-15-29(35-3)16-12-27)28-13-17-30(36-4)18-14-28/h7-18,31H,5-6,19-24H2,1-4H3. The molecule has 0 bridgehead atoms. The molecule has 3 aromatic rings. The van der Waals surface area contributed by atoms with E-state index in [2.05, 4.69) is 46.2 Å². The Bertz CT molecular complexity index is 1140. The van der Waals surface area contributed by atoms with E-state index in [0.29, 0.717) is 19.4 Å². The van der Waals surface area contributed by atoms with Crippen LogP contribution in [0.5, 0.6) is 11.5 Å². The van der Waals surface area contributed by atoms with Crippen molar-refractivity contribution in [3.8, 4) is 11.5 Å². The van der Waals surface area contributed by atoms with Crippen molar-refractivity contribution in [1.82, 2.24) is 9.80 Å². The third kappa shape index (κ3) is 7.93. The lowest BCUT2D eigenvalue weighted by Gasteiger charge is -2.40. The van der Waals surface area contributed by atoms with E-state index in [1.54, 1.807) is 14.2 Å². The lowest BCUT2D eigenvalue weighted by molar-refractivity contribution is 0.105. The molecule has 4 rings (SSSR count). The number of benzene rings is 3. The first-order valence-electron chi connectivity index (χ1n) is 13.7. The maximum Gasteiger partial charge on any atom is 0.335 e. The van der Waals surface area contributed by atoms with Crippen molar-refractivity contribution in [2.75, 3.05) is 53.6 Å². The molecule has 0 aromatic heterocycles. The quantitative estimate of drug-likeness (QED) is 0.228. The van der Waals surface area contributed by atoms with Gasteiger partial charge >= 0.3 is 7.60 Å². The molecule has 0 unspecified atom stereocenters. The molecular weight excluding hydrogens is 511 g/mol. The number of ether oxygens (including phenoxy) is 2. The predicted octanol–water partition coefficient (Wildman–Crippen LogP) is 6.38. The molecule has 39 heavy (non-hydrogen) atoms. The highest BCUT2D eigenvalue weighted by Gasteiger charge is 2.27. The molecule has 1 aliphatic rings. The fourth-order valence-corrected chi connectivity index (χ4v) is 6.82. The SMILES string of the molecule is CCOP(=O)(Cc1ccc(CN2CCN(C(c3ccc(OC)cc3)c3ccc(OC)cc3)CC2)cc1)OCC. The molecule has 1 fully saturated rings. The first kappa shape index (κ1) is 29.3. The van der Waals surface area contributed by atoms with Gasteiger partial charge in [-0.2, -0.15) is 0 Å². The van der Waals surface area contributed by atoms with Crippen LogP contribution in [0.25, 0.3) is 0 Å². The third-order valence-corrected chi connectivity index (χ3v) is 9.15. The lowest BCUT2D eigenvalue weighted by Crippen LogP contribution is -2.47. The van der Waals surface area contributed by atoms with Gasteiger partial charge in [0.15, 0.2) is 0 Å². The predicted molar refractivity (Wildman–Crippen MR) is 156 cm³/mol. The summed E-state index contributed by atoms with van der Waals surface area (Å²) in [5.41, 5.74) is 4.72. The van der Waals surface area contributed by atoms with Gasteiger partial charge in [-0.05, 0) is 60.4 Å². The second-order valence-corrected chi connectivity index (χ2v) is 11.7. The molecule has 1 saturated heterocycles. The summed E-state index contributed by atoms with van der Waals surface area (Å²) in [5, 5.41) is 0. The van der Waals surface area contributed by atoms with E-state index < -0.39 is 7.60 Å². The lowest BCUT2D eigenvalue weighted by atomic mass is 9.96. The van der Waals surface area contributed by atoms with E-state index in [0.717, 1.165) is 49.8 Å². The van der Waals surface area contributed by atoms with E-state index in [1.165, 1.54) is 16.7 Å². The van der Waals surface area contributed by atoms with Crippen molar-refractivity contribution >= 4 is 7.60 Å². The monoisotopic (exact) mass is 552 g/mol. The first-order chi connectivity index (χ1) is 19.0. The van der Waals surface area contributed by atoms with Crippen LogP contribution in [0.15, 0.2) is 72.8 Å². The molecule has 0 atom stereocenters. The molecule has 0 saturated carbocycles.